The minimum atomic E-state index is -0.169. The highest BCUT2D eigenvalue weighted by Crippen LogP contribution is 2.34. The number of anilines is 1. The third kappa shape index (κ3) is 3.16. The summed E-state index contributed by atoms with van der Waals surface area (Å²) in [6, 6.07) is 5.61. The molecule has 0 bridgehead atoms. The van der Waals surface area contributed by atoms with Crippen LogP contribution in [0.1, 0.15) is 17.7 Å². The summed E-state index contributed by atoms with van der Waals surface area (Å²) in [6.07, 6.45) is 1.75. The molecule has 0 spiro atoms. The second-order valence-corrected chi connectivity index (χ2v) is 6.63. The average molecular weight is 333 g/mol. The number of amides is 1. The van der Waals surface area contributed by atoms with Crippen molar-refractivity contribution in [2.45, 2.75) is 26.3 Å². The van der Waals surface area contributed by atoms with Crippen molar-refractivity contribution in [3.63, 3.8) is 0 Å². The molecule has 7 heteroatoms. The van der Waals surface area contributed by atoms with E-state index in [0.717, 1.165) is 29.0 Å². The molecule has 0 aliphatic carbocycles. The van der Waals surface area contributed by atoms with E-state index in [0.29, 0.717) is 24.5 Å². The Kier molecular flexibility index (Phi) is 4.49. The minimum Gasteiger partial charge on any atom is -0.482 e. The van der Waals surface area contributed by atoms with Crippen LogP contribution in [0.3, 0.4) is 0 Å². The van der Waals surface area contributed by atoms with Crippen LogP contribution in [0.5, 0.6) is 5.75 Å². The first-order chi connectivity index (χ1) is 11.1. The van der Waals surface area contributed by atoms with Crippen molar-refractivity contribution in [1.29, 1.82) is 0 Å². The van der Waals surface area contributed by atoms with Crippen molar-refractivity contribution in [3.05, 3.63) is 32.7 Å². The van der Waals surface area contributed by atoms with Gasteiger partial charge in [-0.3, -0.25) is 14.2 Å². The van der Waals surface area contributed by atoms with Crippen molar-refractivity contribution in [2.75, 3.05) is 18.5 Å². The van der Waals surface area contributed by atoms with Gasteiger partial charge in [0.2, 0.25) is 0 Å². The number of fused-ring (bicyclic) bond motifs is 1. The molecular weight excluding hydrogens is 314 g/mol. The predicted molar refractivity (Wildman–Crippen MR) is 91.2 cm³/mol. The summed E-state index contributed by atoms with van der Waals surface area (Å²) in [6.45, 7) is 3.24. The molecule has 1 aliphatic heterocycles. The van der Waals surface area contributed by atoms with Crippen LogP contribution in [-0.2, 0) is 11.3 Å². The molecule has 1 aromatic carbocycles. The quantitative estimate of drug-likeness (QED) is 0.819. The van der Waals surface area contributed by atoms with Crippen molar-refractivity contribution in [3.8, 4) is 17.0 Å². The summed E-state index contributed by atoms with van der Waals surface area (Å²) >= 11 is 1.24. The number of nitrogens with zero attached hydrogens (tertiary/aromatic N) is 1. The summed E-state index contributed by atoms with van der Waals surface area (Å²) in [5, 5.41) is 2.80. The molecule has 3 rings (SSSR count). The maximum Gasteiger partial charge on any atom is 0.307 e. The smallest absolute Gasteiger partial charge is 0.307 e. The summed E-state index contributed by atoms with van der Waals surface area (Å²) in [7, 11) is 0. The van der Waals surface area contributed by atoms with Crippen molar-refractivity contribution in [2.24, 2.45) is 5.73 Å². The Hall–Kier alpha value is -2.12. The standard InChI is InChI=1S/C16H19N3O3S/c1-10-15(19(16(21)23-10)7-3-2-6-17)11-4-5-13-12(8-11)18-14(20)9-22-13/h4-5,8H,2-3,6-7,9,17H2,1H3,(H,18,20). The molecule has 0 unspecified atom stereocenters. The number of hydrogen-bond acceptors (Lipinski definition) is 5. The number of aryl methyl sites for hydroxylation is 1. The maximum absolute atomic E-state index is 12.2. The van der Waals surface area contributed by atoms with Gasteiger partial charge in [0.1, 0.15) is 5.75 Å². The number of rotatable bonds is 5. The minimum absolute atomic E-state index is 0.0347. The Morgan fingerprint density at radius 1 is 1.35 bits per heavy atom. The average Bonchev–Trinajstić information content (AvgIpc) is 2.81. The van der Waals surface area contributed by atoms with E-state index >= 15 is 0 Å². The molecule has 6 nitrogen and oxygen atoms in total. The van der Waals surface area contributed by atoms with Crippen molar-refractivity contribution >= 4 is 22.9 Å². The van der Waals surface area contributed by atoms with Gasteiger partial charge in [0, 0.05) is 17.0 Å². The number of aromatic nitrogens is 1. The Bertz CT molecular complexity index is 794. The van der Waals surface area contributed by atoms with Gasteiger partial charge in [0.25, 0.3) is 5.91 Å². The Morgan fingerprint density at radius 2 is 2.17 bits per heavy atom. The van der Waals surface area contributed by atoms with Gasteiger partial charge in [-0.1, -0.05) is 11.3 Å². The number of nitrogens with one attached hydrogen (secondary N) is 1. The molecule has 23 heavy (non-hydrogen) atoms. The van der Waals surface area contributed by atoms with Gasteiger partial charge in [0.05, 0.1) is 11.4 Å². The Balaban J connectivity index is 2.00. The molecule has 0 saturated carbocycles. The lowest BCUT2D eigenvalue weighted by atomic mass is 10.1. The van der Waals surface area contributed by atoms with Crippen LogP contribution in [-0.4, -0.2) is 23.6 Å². The number of ether oxygens (including phenoxy) is 1. The number of hydrogen-bond donors (Lipinski definition) is 2. The summed E-state index contributed by atoms with van der Waals surface area (Å²) < 4.78 is 7.17. The lowest BCUT2D eigenvalue weighted by Gasteiger charge is -2.19. The fourth-order valence-electron chi connectivity index (χ4n) is 2.72. The number of benzene rings is 1. The van der Waals surface area contributed by atoms with Gasteiger partial charge < -0.3 is 15.8 Å². The SMILES string of the molecule is Cc1sc(=O)n(CCCCN)c1-c1ccc2c(c1)NC(=O)CO2. The summed E-state index contributed by atoms with van der Waals surface area (Å²) in [4.78, 5) is 24.7. The Labute approximate surface area is 137 Å². The zero-order chi connectivity index (χ0) is 16.4. The highest BCUT2D eigenvalue weighted by atomic mass is 32.1. The van der Waals surface area contributed by atoms with E-state index in [4.69, 9.17) is 10.5 Å². The molecule has 2 aromatic rings. The molecular formula is C16H19N3O3S. The first-order valence-electron chi connectivity index (χ1n) is 7.57. The fraction of sp³-hybridized carbons (Fsp3) is 0.375. The van der Waals surface area contributed by atoms with E-state index in [-0.39, 0.29) is 17.4 Å². The van der Waals surface area contributed by atoms with Crippen molar-refractivity contribution in [1.82, 2.24) is 4.57 Å². The van der Waals surface area contributed by atoms with Crippen LogP contribution in [0.4, 0.5) is 5.69 Å². The third-order valence-electron chi connectivity index (χ3n) is 3.79. The van der Waals surface area contributed by atoms with Gasteiger partial charge in [-0.05, 0) is 44.5 Å². The third-order valence-corrected chi connectivity index (χ3v) is 4.68. The lowest BCUT2D eigenvalue weighted by molar-refractivity contribution is -0.118. The van der Waals surface area contributed by atoms with Gasteiger partial charge in [0.15, 0.2) is 6.61 Å². The van der Waals surface area contributed by atoms with Crippen LogP contribution < -0.4 is 20.7 Å². The van der Waals surface area contributed by atoms with Gasteiger partial charge in [-0.2, -0.15) is 0 Å². The number of carbonyl (C=O) groups is 1. The lowest BCUT2D eigenvalue weighted by Crippen LogP contribution is -2.25. The number of thiazole rings is 1. The number of nitrogens with two attached hydrogens (primary N) is 1. The van der Waals surface area contributed by atoms with Crippen LogP contribution in [0.15, 0.2) is 23.0 Å². The van der Waals surface area contributed by atoms with Crippen LogP contribution in [0.2, 0.25) is 0 Å². The highest BCUT2D eigenvalue weighted by Gasteiger charge is 2.19. The fourth-order valence-corrected chi connectivity index (χ4v) is 3.60. The molecule has 0 radical (unpaired) electrons. The van der Waals surface area contributed by atoms with Crippen molar-refractivity contribution < 1.29 is 9.53 Å². The topological polar surface area (TPSA) is 86.4 Å². The summed E-state index contributed by atoms with van der Waals surface area (Å²) in [5.41, 5.74) is 7.98. The molecule has 1 amide bonds. The van der Waals surface area contributed by atoms with E-state index in [9.17, 15) is 9.59 Å². The highest BCUT2D eigenvalue weighted by molar-refractivity contribution is 7.09. The molecule has 3 N–H and O–H groups in total. The largest absolute Gasteiger partial charge is 0.482 e. The second kappa shape index (κ2) is 6.55. The molecule has 0 atom stereocenters. The molecule has 1 aromatic heterocycles. The Morgan fingerprint density at radius 3 is 2.96 bits per heavy atom. The van der Waals surface area contributed by atoms with E-state index in [1.165, 1.54) is 11.3 Å². The van der Waals surface area contributed by atoms with Crippen LogP contribution in [0.25, 0.3) is 11.3 Å². The molecule has 0 saturated heterocycles. The predicted octanol–water partition coefficient (Wildman–Crippen LogP) is 1.96. The molecule has 122 valence electrons. The van der Waals surface area contributed by atoms with Gasteiger partial charge >= 0.3 is 4.87 Å². The van der Waals surface area contributed by atoms with Gasteiger partial charge in [-0.15, -0.1) is 0 Å². The summed E-state index contributed by atoms with van der Waals surface area (Å²) in [5.74, 6) is 0.482. The molecule has 2 heterocycles. The zero-order valence-corrected chi connectivity index (χ0v) is 13.7. The van der Waals surface area contributed by atoms with Crippen LogP contribution >= 0.6 is 11.3 Å². The van der Waals surface area contributed by atoms with E-state index in [2.05, 4.69) is 5.32 Å². The normalized spacial score (nSPS) is 13.4. The number of unbranched alkanes of at least 4 members (excludes halogenated alkanes) is 1. The first-order valence-corrected chi connectivity index (χ1v) is 8.39. The first kappa shape index (κ1) is 15.8. The molecule has 1 aliphatic rings. The monoisotopic (exact) mass is 333 g/mol. The zero-order valence-electron chi connectivity index (χ0n) is 12.9. The van der Waals surface area contributed by atoms with Gasteiger partial charge in [-0.25, -0.2) is 0 Å². The van der Waals surface area contributed by atoms with E-state index in [1.807, 2.05) is 25.1 Å². The molecule has 0 fully saturated rings. The maximum atomic E-state index is 12.2. The van der Waals surface area contributed by atoms with E-state index in [1.54, 1.807) is 4.57 Å². The van der Waals surface area contributed by atoms with E-state index < -0.39 is 0 Å². The second-order valence-electron chi connectivity index (χ2n) is 5.47. The van der Waals surface area contributed by atoms with Crippen LogP contribution in [0, 0.1) is 6.92 Å². The number of carbonyl (C=O) groups excluding carboxylic acids is 1.